The van der Waals surface area contributed by atoms with Gasteiger partial charge < -0.3 is 0 Å². The summed E-state index contributed by atoms with van der Waals surface area (Å²) in [7, 11) is -3.86. The molecule has 0 aliphatic carbocycles. The van der Waals surface area contributed by atoms with E-state index in [-0.39, 0.29) is 22.3 Å². The molecule has 0 amide bonds. The average molecular weight is 405 g/mol. The number of Topliss-reactive ketones (excluding diaryl/α,β-unsaturated/α-hetero) is 1. The Labute approximate surface area is 169 Å². The summed E-state index contributed by atoms with van der Waals surface area (Å²) in [6.45, 7) is 4.01. The maximum atomic E-state index is 12.8. The van der Waals surface area contributed by atoms with Gasteiger partial charge in [-0.3, -0.25) is 9.79 Å². The molecule has 0 fully saturated rings. The van der Waals surface area contributed by atoms with Crippen LogP contribution < -0.4 is 0 Å². The fourth-order valence-electron chi connectivity index (χ4n) is 3.29. The lowest BCUT2D eigenvalue weighted by Crippen LogP contribution is -2.11. The van der Waals surface area contributed by atoms with Crippen LogP contribution in [0.5, 0.6) is 0 Å². The zero-order valence-electron chi connectivity index (χ0n) is 16.1. The van der Waals surface area contributed by atoms with Crippen molar-refractivity contribution in [1.82, 2.24) is 9.97 Å². The molecular formula is C22H19N3O3S. The van der Waals surface area contributed by atoms with Gasteiger partial charge in [0.15, 0.2) is 0 Å². The van der Waals surface area contributed by atoms with E-state index in [1.54, 1.807) is 18.2 Å². The zero-order chi connectivity index (χ0) is 20.6. The second-order valence-corrected chi connectivity index (χ2v) is 8.92. The number of nitrogens with zero attached hydrogens (tertiary/aromatic N) is 3. The van der Waals surface area contributed by atoms with Crippen LogP contribution in [0.25, 0.3) is 0 Å². The zero-order valence-corrected chi connectivity index (χ0v) is 16.9. The van der Waals surface area contributed by atoms with Crippen molar-refractivity contribution < 1.29 is 13.2 Å². The van der Waals surface area contributed by atoms with E-state index in [0.717, 1.165) is 22.4 Å². The number of sulfone groups is 1. The Morgan fingerprint density at radius 1 is 0.897 bits per heavy atom. The number of aromatic nitrogens is 2. The number of carbonyl (C=O) groups is 1. The van der Waals surface area contributed by atoms with Crippen LogP contribution >= 0.6 is 0 Å². The van der Waals surface area contributed by atoms with E-state index in [2.05, 4.69) is 9.97 Å². The van der Waals surface area contributed by atoms with Crippen molar-refractivity contribution in [1.29, 1.82) is 0 Å². The Morgan fingerprint density at radius 3 is 2.38 bits per heavy atom. The monoisotopic (exact) mass is 405 g/mol. The van der Waals surface area contributed by atoms with Gasteiger partial charge in [-0.1, -0.05) is 18.2 Å². The third-order valence-electron chi connectivity index (χ3n) is 4.96. The Bertz CT molecular complexity index is 1250. The fraction of sp³-hybridized carbons (Fsp3) is 0.182. The SMILES string of the molecule is Cc1cc2c(cc1C)N=C(c1cccc(S(=O)(=O)c3ncccn3)c1)CC(=O)C2. The van der Waals surface area contributed by atoms with E-state index < -0.39 is 9.84 Å². The minimum absolute atomic E-state index is 0.0467. The van der Waals surface area contributed by atoms with Crippen LogP contribution in [-0.2, 0) is 21.1 Å². The maximum Gasteiger partial charge on any atom is 0.251 e. The molecule has 1 aromatic heterocycles. The van der Waals surface area contributed by atoms with Crippen molar-refractivity contribution in [3.8, 4) is 0 Å². The van der Waals surface area contributed by atoms with Crippen molar-refractivity contribution >= 4 is 27.0 Å². The first-order chi connectivity index (χ1) is 13.8. The van der Waals surface area contributed by atoms with E-state index >= 15 is 0 Å². The van der Waals surface area contributed by atoms with Gasteiger partial charge in [0.05, 0.1) is 16.3 Å². The number of aliphatic imine (C=N–C) groups is 1. The predicted octanol–water partition coefficient (Wildman–Crippen LogP) is 3.56. The van der Waals surface area contributed by atoms with Crippen molar-refractivity contribution in [3.05, 3.63) is 77.1 Å². The number of hydrogen-bond acceptors (Lipinski definition) is 6. The molecule has 146 valence electrons. The van der Waals surface area contributed by atoms with Crippen LogP contribution in [0.3, 0.4) is 0 Å². The summed E-state index contributed by atoms with van der Waals surface area (Å²) in [6, 6.07) is 12.0. The number of ketones is 1. The molecule has 1 aliphatic heterocycles. The Morgan fingerprint density at radius 2 is 1.62 bits per heavy atom. The molecule has 0 N–H and O–H groups in total. The summed E-state index contributed by atoms with van der Waals surface area (Å²) < 4.78 is 25.7. The second-order valence-electron chi connectivity index (χ2n) is 7.08. The first-order valence-corrected chi connectivity index (χ1v) is 10.6. The smallest absolute Gasteiger partial charge is 0.251 e. The summed E-state index contributed by atoms with van der Waals surface area (Å²) in [4.78, 5) is 25.0. The number of hydrogen-bond donors (Lipinski definition) is 0. The highest BCUT2D eigenvalue weighted by Crippen LogP contribution is 2.29. The molecular weight excluding hydrogens is 386 g/mol. The van der Waals surface area contributed by atoms with Crippen LogP contribution in [0, 0.1) is 13.8 Å². The molecule has 0 unspecified atom stereocenters. The van der Waals surface area contributed by atoms with Gasteiger partial charge in [0.1, 0.15) is 5.78 Å². The lowest BCUT2D eigenvalue weighted by molar-refractivity contribution is -0.117. The lowest BCUT2D eigenvalue weighted by atomic mass is 9.99. The minimum atomic E-state index is -3.86. The summed E-state index contributed by atoms with van der Waals surface area (Å²) in [5.74, 6) is 0.0467. The molecule has 29 heavy (non-hydrogen) atoms. The van der Waals surface area contributed by atoms with E-state index in [0.29, 0.717) is 17.7 Å². The number of rotatable bonds is 3. The number of carbonyl (C=O) groups excluding carboxylic acids is 1. The standard InChI is InChI=1S/C22H19N3O3S/c1-14-9-17-11-18(26)13-21(25-20(17)10-15(14)2)16-5-3-6-19(12-16)29(27,28)22-23-7-4-8-24-22/h3-10,12H,11,13H2,1-2H3. The predicted molar refractivity (Wildman–Crippen MR) is 109 cm³/mol. The van der Waals surface area contributed by atoms with Crippen LogP contribution in [0.1, 0.15) is 28.7 Å². The summed E-state index contributed by atoms with van der Waals surface area (Å²) >= 11 is 0. The molecule has 0 saturated heterocycles. The number of benzene rings is 2. The second kappa shape index (κ2) is 7.33. The van der Waals surface area contributed by atoms with Gasteiger partial charge in [-0.2, -0.15) is 0 Å². The van der Waals surface area contributed by atoms with Crippen LogP contribution in [0.4, 0.5) is 5.69 Å². The quantitative estimate of drug-likeness (QED) is 0.622. The molecule has 0 spiro atoms. The topological polar surface area (TPSA) is 89.3 Å². The highest BCUT2D eigenvalue weighted by atomic mass is 32.2. The van der Waals surface area contributed by atoms with Crippen LogP contribution in [0.15, 0.2) is 69.9 Å². The molecule has 3 aromatic rings. The van der Waals surface area contributed by atoms with Crippen LogP contribution in [0.2, 0.25) is 0 Å². The summed E-state index contributed by atoms with van der Waals surface area (Å²) in [5, 5.41) is -0.257. The van der Waals surface area contributed by atoms with E-state index in [4.69, 9.17) is 4.99 Å². The molecule has 6 nitrogen and oxygen atoms in total. The van der Waals surface area contributed by atoms with Gasteiger partial charge in [-0.05, 0) is 60.4 Å². The average Bonchev–Trinajstić information content (AvgIpc) is 2.87. The molecule has 2 aromatic carbocycles. The van der Waals surface area contributed by atoms with Crippen molar-refractivity contribution in [2.24, 2.45) is 4.99 Å². The van der Waals surface area contributed by atoms with Crippen molar-refractivity contribution in [3.63, 3.8) is 0 Å². The molecule has 4 rings (SSSR count). The van der Waals surface area contributed by atoms with E-state index in [1.807, 2.05) is 26.0 Å². The van der Waals surface area contributed by atoms with Gasteiger partial charge in [-0.15, -0.1) is 0 Å². The molecule has 0 saturated carbocycles. The molecule has 7 heteroatoms. The molecule has 0 atom stereocenters. The third-order valence-corrected chi connectivity index (χ3v) is 6.53. The lowest BCUT2D eigenvalue weighted by Gasteiger charge is -2.08. The Hall–Kier alpha value is -3.19. The molecule has 2 heterocycles. The molecule has 0 bridgehead atoms. The minimum Gasteiger partial charge on any atom is -0.299 e. The third kappa shape index (κ3) is 3.73. The van der Waals surface area contributed by atoms with E-state index in [9.17, 15) is 13.2 Å². The highest BCUT2D eigenvalue weighted by Gasteiger charge is 2.23. The Balaban J connectivity index is 1.81. The number of aryl methyl sites for hydroxylation is 2. The van der Waals surface area contributed by atoms with Gasteiger partial charge in [0.25, 0.3) is 5.16 Å². The highest BCUT2D eigenvalue weighted by molar-refractivity contribution is 7.91. The van der Waals surface area contributed by atoms with Crippen LogP contribution in [-0.4, -0.2) is 29.9 Å². The van der Waals surface area contributed by atoms with Crippen molar-refractivity contribution in [2.75, 3.05) is 0 Å². The van der Waals surface area contributed by atoms with E-state index in [1.165, 1.54) is 24.5 Å². The van der Waals surface area contributed by atoms with Gasteiger partial charge >= 0.3 is 0 Å². The Kier molecular flexibility index (Phi) is 4.84. The first kappa shape index (κ1) is 19.1. The first-order valence-electron chi connectivity index (χ1n) is 9.16. The summed E-state index contributed by atoms with van der Waals surface area (Å²) in [5.41, 5.74) is 5.03. The van der Waals surface area contributed by atoms with Gasteiger partial charge in [0.2, 0.25) is 9.84 Å². The molecule has 1 aliphatic rings. The molecule has 0 radical (unpaired) electrons. The largest absolute Gasteiger partial charge is 0.299 e. The maximum absolute atomic E-state index is 12.8. The normalized spacial score (nSPS) is 14.1. The summed E-state index contributed by atoms with van der Waals surface area (Å²) in [6.07, 6.45) is 3.25. The van der Waals surface area contributed by atoms with Crippen molar-refractivity contribution in [2.45, 2.75) is 36.7 Å². The van der Waals surface area contributed by atoms with Gasteiger partial charge in [0, 0.05) is 25.2 Å². The fourth-order valence-corrected chi connectivity index (χ4v) is 4.44. The number of fused-ring (bicyclic) bond motifs is 1. The van der Waals surface area contributed by atoms with Gasteiger partial charge in [-0.25, -0.2) is 18.4 Å².